The van der Waals surface area contributed by atoms with Crippen molar-refractivity contribution in [3.05, 3.63) is 52.6 Å². The number of hydrogen-bond acceptors (Lipinski definition) is 6. The summed E-state index contributed by atoms with van der Waals surface area (Å²) in [5, 5.41) is 0. The first-order valence-corrected chi connectivity index (χ1v) is 7.88. The molecule has 0 saturated heterocycles. The molecule has 1 atom stereocenters. The molecule has 0 unspecified atom stereocenters. The van der Waals surface area contributed by atoms with Crippen LogP contribution in [0.1, 0.15) is 56.3 Å². The number of aromatic amines is 1. The van der Waals surface area contributed by atoms with E-state index < -0.39 is 23.8 Å². The molecule has 0 radical (unpaired) electrons. The van der Waals surface area contributed by atoms with Gasteiger partial charge in [0.1, 0.15) is 0 Å². The van der Waals surface area contributed by atoms with Crippen molar-refractivity contribution >= 4 is 17.7 Å². The van der Waals surface area contributed by atoms with Gasteiger partial charge in [0.2, 0.25) is 5.78 Å². The number of nitrogens with one attached hydrogen (secondary N) is 1. The quantitative estimate of drug-likeness (QED) is 0.639. The molecule has 0 fully saturated rings. The predicted octanol–water partition coefficient (Wildman–Crippen LogP) is 2.63. The van der Waals surface area contributed by atoms with E-state index in [9.17, 15) is 14.4 Å². The molecule has 25 heavy (non-hydrogen) atoms. The molecule has 2 rings (SSSR count). The molecule has 2 aromatic heterocycles. The molecule has 0 aliphatic carbocycles. The van der Waals surface area contributed by atoms with Crippen LogP contribution in [0.25, 0.3) is 0 Å². The van der Waals surface area contributed by atoms with Crippen molar-refractivity contribution in [3.8, 4) is 0 Å². The average molecular weight is 344 g/mol. The lowest BCUT2D eigenvalue weighted by atomic mass is 10.1. The molecule has 2 aromatic rings. The fraction of sp³-hybridized carbons (Fsp3) is 0.333. The third-order valence-electron chi connectivity index (χ3n) is 3.73. The van der Waals surface area contributed by atoms with Crippen LogP contribution in [0, 0.1) is 13.8 Å². The van der Waals surface area contributed by atoms with Crippen molar-refractivity contribution in [1.29, 1.82) is 0 Å². The van der Waals surface area contributed by atoms with Gasteiger partial charge in [-0.05, 0) is 45.4 Å². The van der Waals surface area contributed by atoms with Crippen LogP contribution < -0.4 is 0 Å². The van der Waals surface area contributed by atoms with Gasteiger partial charge in [-0.25, -0.2) is 9.59 Å². The first-order valence-electron chi connectivity index (χ1n) is 7.88. The summed E-state index contributed by atoms with van der Waals surface area (Å²) < 4.78 is 10.2. The third kappa shape index (κ3) is 3.93. The third-order valence-corrected chi connectivity index (χ3v) is 3.73. The van der Waals surface area contributed by atoms with Gasteiger partial charge in [0.25, 0.3) is 0 Å². The maximum absolute atomic E-state index is 12.6. The van der Waals surface area contributed by atoms with Crippen molar-refractivity contribution in [2.75, 3.05) is 6.61 Å². The number of carbonyl (C=O) groups is 3. The van der Waals surface area contributed by atoms with E-state index in [1.165, 1.54) is 31.5 Å². The molecule has 0 spiro atoms. The second-order valence-corrected chi connectivity index (χ2v) is 5.49. The lowest BCUT2D eigenvalue weighted by molar-refractivity contribution is 0.0316. The predicted molar refractivity (Wildman–Crippen MR) is 89.7 cm³/mol. The number of carbonyl (C=O) groups excluding carboxylic acids is 3. The van der Waals surface area contributed by atoms with Crippen molar-refractivity contribution in [3.63, 3.8) is 0 Å². The molecule has 0 saturated carbocycles. The number of Topliss-reactive ketones (excluding diaryl/α,β-unsaturated/α-hetero) is 1. The maximum atomic E-state index is 12.6. The van der Waals surface area contributed by atoms with Crippen molar-refractivity contribution in [1.82, 2.24) is 9.97 Å². The number of nitrogens with zero attached hydrogens (tertiary/aromatic N) is 1. The number of H-pyrrole nitrogens is 1. The number of ketones is 1. The number of ether oxygens (including phenoxy) is 2. The summed E-state index contributed by atoms with van der Waals surface area (Å²) in [7, 11) is 0. The summed E-state index contributed by atoms with van der Waals surface area (Å²) in [5.74, 6) is -1.53. The molecule has 0 bridgehead atoms. The highest BCUT2D eigenvalue weighted by atomic mass is 16.5. The SMILES string of the molecule is CCOC(=O)c1c(C)[nH]c(C(=O)[C@@H](C)OC(=O)c2ccncc2)c1C. The van der Waals surface area contributed by atoms with Gasteiger partial charge in [-0.15, -0.1) is 0 Å². The Morgan fingerprint density at radius 3 is 2.40 bits per heavy atom. The van der Waals surface area contributed by atoms with E-state index in [1.807, 2.05) is 0 Å². The van der Waals surface area contributed by atoms with Gasteiger partial charge in [0, 0.05) is 18.1 Å². The zero-order chi connectivity index (χ0) is 18.6. The maximum Gasteiger partial charge on any atom is 0.340 e. The van der Waals surface area contributed by atoms with E-state index in [2.05, 4.69) is 9.97 Å². The van der Waals surface area contributed by atoms with Crippen LogP contribution in [0.2, 0.25) is 0 Å². The fourth-order valence-electron chi connectivity index (χ4n) is 2.48. The van der Waals surface area contributed by atoms with Crippen LogP contribution in [0.5, 0.6) is 0 Å². The second-order valence-electron chi connectivity index (χ2n) is 5.49. The Hall–Kier alpha value is -2.96. The lowest BCUT2D eigenvalue weighted by Crippen LogP contribution is -2.25. The van der Waals surface area contributed by atoms with Crippen LogP contribution in [0.15, 0.2) is 24.5 Å². The molecule has 0 aromatic carbocycles. The Morgan fingerprint density at radius 1 is 1.16 bits per heavy atom. The van der Waals surface area contributed by atoms with Gasteiger partial charge in [0.15, 0.2) is 6.10 Å². The van der Waals surface area contributed by atoms with Crippen LogP contribution >= 0.6 is 0 Å². The van der Waals surface area contributed by atoms with Crippen LogP contribution in [0.3, 0.4) is 0 Å². The Balaban J connectivity index is 2.19. The zero-order valence-electron chi connectivity index (χ0n) is 14.6. The minimum Gasteiger partial charge on any atom is -0.462 e. The molecule has 0 amide bonds. The van der Waals surface area contributed by atoms with E-state index >= 15 is 0 Å². The normalized spacial score (nSPS) is 11.7. The molecule has 132 valence electrons. The van der Waals surface area contributed by atoms with Crippen LogP contribution in [0.4, 0.5) is 0 Å². The molecular weight excluding hydrogens is 324 g/mol. The summed E-state index contributed by atoms with van der Waals surface area (Å²) in [5.41, 5.74) is 1.88. The van der Waals surface area contributed by atoms with Gasteiger partial charge in [-0.3, -0.25) is 9.78 Å². The fourth-order valence-corrected chi connectivity index (χ4v) is 2.48. The molecule has 0 aliphatic rings. The lowest BCUT2D eigenvalue weighted by Gasteiger charge is -2.12. The highest BCUT2D eigenvalue weighted by molar-refractivity contribution is 6.04. The van der Waals surface area contributed by atoms with Gasteiger partial charge in [-0.2, -0.15) is 0 Å². The molecule has 7 nitrogen and oxygen atoms in total. The molecule has 1 N–H and O–H groups in total. The molecular formula is C18H20N2O5. The largest absolute Gasteiger partial charge is 0.462 e. The summed E-state index contributed by atoms with van der Waals surface area (Å²) in [4.78, 5) is 43.4. The summed E-state index contributed by atoms with van der Waals surface area (Å²) in [6.45, 7) is 6.78. The first-order chi connectivity index (χ1) is 11.9. The van der Waals surface area contributed by atoms with Gasteiger partial charge >= 0.3 is 11.9 Å². The average Bonchev–Trinajstić information content (AvgIpc) is 2.89. The van der Waals surface area contributed by atoms with Crippen molar-refractivity contribution < 1.29 is 23.9 Å². The highest BCUT2D eigenvalue weighted by Crippen LogP contribution is 2.21. The summed E-state index contributed by atoms with van der Waals surface area (Å²) in [6, 6.07) is 3.00. The first kappa shape index (κ1) is 18.4. The number of esters is 2. The molecule has 7 heteroatoms. The van der Waals surface area contributed by atoms with Gasteiger partial charge < -0.3 is 14.5 Å². The standard InChI is InChI=1S/C18H20N2O5/c1-5-24-18(23)14-10(2)15(20-11(14)3)16(21)12(4)25-17(22)13-6-8-19-9-7-13/h6-9,12,20H,5H2,1-4H3/t12-/m1/s1. The molecule has 0 aliphatic heterocycles. The summed E-state index contributed by atoms with van der Waals surface area (Å²) >= 11 is 0. The monoisotopic (exact) mass is 344 g/mol. The minimum atomic E-state index is -1.01. The number of rotatable bonds is 6. The van der Waals surface area contributed by atoms with Gasteiger partial charge in [0.05, 0.1) is 23.4 Å². The van der Waals surface area contributed by atoms with Crippen molar-refractivity contribution in [2.45, 2.75) is 33.8 Å². The van der Waals surface area contributed by atoms with Crippen molar-refractivity contribution in [2.24, 2.45) is 0 Å². The van der Waals surface area contributed by atoms with Crippen LogP contribution in [-0.4, -0.2) is 40.4 Å². The molecule has 2 heterocycles. The smallest absolute Gasteiger partial charge is 0.340 e. The summed E-state index contributed by atoms with van der Waals surface area (Å²) in [6.07, 6.45) is 1.92. The Bertz CT molecular complexity index is 795. The van der Waals surface area contributed by atoms with E-state index in [0.717, 1.165) is 0 Å². The topological polar surface area (TPSA) is 98.4 Å². The Labute approximate surface area is 145 Å². The zero-order valence-corrected chi connectivity index (χ0v) is 14.6. The second kappa shape index (κ2) is 7.74. The van der Waals surface area contributed by atoms with Crippen LogP contribution in [-0.2, 0) is 9.47 Å². The highest BCUT2D eigenvalue weighted by Gasteiger charge is 2.27. The van der Waals surface area contributed by atoms with E-state index in [4.69, 9.17) is 9.47 Å². The van der Waals surface area contributed by atoms with E-state index in [1.54, 1.807) is 20.8 Å². The Morgan fingerprint density at radius 2 is 1.80 bits per heavy atom. The Kier molecular flexibility index (Phi) is 5.69. The number of pyridine rings is 1. The number of aromatic nitrogens is 2. The number of aryl methyl sites for hydroxylation is 1. The van der Waals surface area contributed by atoms with E-state index in [0.29, 0.717) is 22.4 Å². The van der Waals surface area contributed by atoms with Gasteiger partial charge in [-0.1, -0.05) is 0 Å². The number of hydrogen-bond donors (Lipinski definition) is 1. The van der Waals surface area contributed by atoms with E-state index in [-0.39, 0.29) is 12.3 Å². The minimum absolute atomic E-state index is 0.232.